The average Bonchev–Trinajstić information content (AvgIpc) is 2.15. The van der Waals surface area contributed by atoms with Crippen molar-refractivity contribution in [3.8, 4) is 12.3 Å². The monoisotopic (exact) mass is 224 g/mol. The van der Waals surface area contributed by atoms with Crippen LogP contribution < -0.4 is 11.1 Å². The van der Waals surface area contributed by atoms with E-state index in [4.69, 9.17) is 12.2 Å². The molecule has 3 heteroatoms. The van der Waals surface area contributed by atoms with Crippen molar-refractivity contribution in [2.45, 2.75) is 59.0 Å². The molecule has 0 aromatic rings. The Kier molecular flexibility index (Phi) is 6.13. The third-order valence-corrected chi connectivity index (χ3v) is 2.63. The van der Waals surface area contributed by atoms with Gasteiger partial charge in [0, 0.05) is 12.5 Å². The number of carbonyl (C=O) groups is 1. The average molecular weight is 224 g/mol. The summed E-state index contributed by atoms with van der Waals surface area (Å²) >= 11 is 0. The fourth-order valence-corrected chi connectivity index (χ4v) is 1.25. The number of rotatable bonds is 5. The molecule has 0 heterocycles. The molecule has 0 saturated carbocycles. The van der Waals surface area contributed by atoms with Crippen LogP contribution in [0.25, 0.3) is 0 Å². The Morgan fingerprint density at radius 2 is 2.06 bits per heavy atom. The van der Waals surface area contributed by atoms with Crippen molar-refractivity contribution in [3.63, 3.8) is 0 Å². The zero-order valence-corrected chi connectivity index (χ0v) is 10.8. The van der Waals surface area contributed by atoms with Crippen molar-refractivity contribution in [1.82, 2.24) is 5.32 Å². The minimum atomic E-state index is -0.162. The third-order valence-electron chi connectivity index (χ3n) is 2.63. The molecule has 0 fully saturated rings. The van der Waals surface area contributed by atoms with Crippen LogP contribution in [0.1, 0.15) is 47.0 Å². The van der Waals surface area contributed by atoms with Gasteiger partial charge in [0.25, 0.3) is 0 Å². The lowest BCUT2D eigenvalue weighted by Gasteiger charge is -2.26. The van der Waals surface area contributed by atoms with Gasteiger partial charge in [-0.05, 0) is 11.8 Å². The zero-order valence-electron chi connectivity index (χ0n) is 10.8. The molecule has 0 aliphatic heterocycles. The first kappa shape index (κ1) is 15.0. The van der Waals surface area contributed by atoms with Gasteiger partial charge in [-0.1, -0.05) is 40.0 Å². The minimum absolute atomic E-state index is 0.0566. The lowest BCUT2D eigenvalue weighted by Crippen LogP contribution is -2.42. The highest BCUT2D eigenvalue weighted by Gasteiger charge is 2.23. The SMILES string of the molecule is C#CC(CCC)NC(=O)CC(N)C(C)(C)C. The second-order valence-electron chi connectivity index (χ2n) is 5.25. The van der Waals surface area contributed by atoms with E-state index in [9.17, 15) is 4.79 Å². The molecule has 16 heavy (non-hydrogen) atoms. The Hall–Kier alpha value is -1.01. The van der Waals surface area contributed by atoms with Crippen molar-refractivity contribution in [3.05, 3.63) is 0 Å². The summed E-state index contributed by atoms with van der Waals surface area (Å²) in [6.45, 7) is 8.11. The van der Waals surface area contributed by atoms with Crippen LogP contribution in [0, 0.1) is 17.8 Å². The largest absolute Gasteiger partial charge is 0.342 e. The van der Waals surface area contributed by atoms with Crippen molar-refractivity contribution < 1.29 is 4.79 Å². The van der Waals surface area contributed by atoms with Crippen LogP contribution >= 0.6 is 0 Å². The summed E-state index contributed by atoms with van der Waals surface area (Å²) in [5.41, 5.74) is 5.87. The number of nitrogens with two attached hydrogens (primary N) is 1. The second kappa shape index (κ2) is 6.55. The predicted molar refractivity (Wildman–Crippen MR) is 67.7 cm³/mol. The van der Waals surface area contributed by atoms with Crippen molar-refractivity contribution >= 4 is 5.91 Å². The normalized spacial score (nSPS) is 15.0. The molecule has 0 bridgehead atoms. The van der Waals surface area contributed by atoms with Gasteiger partial charge in [-0.2, -0.15) is 0 Å². The molecule has 0 aliphatic rings. The lowest BCUT2D eigenvalue weighted by molar-refractivity contribution is -0.122. The van der Waals surface area contributed by atoms with Crippen LogP contribution in [0.15, 0.2) is 0 Å². The Labute approximate surface area is 99.2 Å². The Balaban J connectivity index is 4.13. The molecule has 0 aromatic heterocycles. The van der Waals surface area contributed by atoms with Crippen molar-refractivity contribution in [2.24, 2.45) is 11.1 Å². The fraction of sp³-hybridized carbons (Fsp3) is 0.769. The molecule has 0 aromatic carbocycles. The van der Waals surface area contributed by atoms with Crippen molar-refractivity contribution in [1.29, 1.82) is 0 Å². The van der Waals surface area contributed by atoms with E-state index in [1.165, 1.54) is 0 Å². The van der Waals surface area contributed by atoms with Gasteiger partial charge in [0.15, 0.2) is 0 Å². The Morgan fingerprint density at radius 3 is 2.44 bits per heavy atom. The Morgan fingerprint density at radius 1 is 1.50 bits per heavy atom. The van der Waals surface area contributed by atoms with Gasteiger partial charge in [-0.25, -0.2) is 0 Å². The molecule has 0 aliphatic carbocycles. The number of hydrogen-bond donors (Lipinski definition) is 2. The van der Waals surface area contributed by atoms with E-state index in [2.05, 4.69) is 11.2 Å². The molecule has 3 N–H and O–H groups in total. The summed E-state index contributed by atoms with van der Waals surface area (Å²) in [6.07, 6.45) is 7.42. The second-order valence-corrected chi connectivity index (χ2v) is 5.25. The molecule has 1 amide bonds. The first-order valence-electron chi connectivity index (χ1n) is 5.82. The molecule has 92 valence electrons. The van der Waals surface area contributed by atoms with E-state index in [1.807, 2.05) is 27.7 Å². The van der Waals surface area contributed by atoms with Crippen LogP contribution in [0.4, 0.5) is 0 Å². The fourth-order valence-electron chi connectivity index (χ4n) is 1.25. The van der Waals surface area contributed by atoms with Crippen molar-refractivity contribution in [2.75, 3.05) is 0 Å². The predicted octanol–water partition coefficient (Wildman–Crippen LogP) is 1.67. The van der Waals surface area contributed by atoms with Gasteiger partial charge in [-0.3, -0.25) is 4.79 Å². The first-order valence-corrected chi connectivity index (χ1v) is 5.82. The van der Waals surface area contributed by atoms with Crippen LogP contribution in [0.3, 0.4) is 0 Å². The van der Waals surface area contributed by atoms with Crippen LogP contribution in [-0.2, 0) is 4.79 Å². The molecule has 3 nitrogen and oxygen atoms in total. The van der Waals surface area contributed by atoms with Gasteiger partial charge in [0.05, 0.1) is 6.04 Å². The third kappa shape index (κ3) is 5.77. The van der Waals surface area contributed by atoms with Gasteiger partial charge < -0.3 is 11.1 Å². The molecule has 0 radical (unpaired) electrons. The highest BCUT2D eigenvalue weighted by Crippen LogP contribution is 2.19. The maximum absolute atomic E-state index is 11.7. The van der Waals surface area contributed by atoms with Gasteiger partial charge in [0.2, 0.25) is 5.91 Å². The quantitative estimate of drug-likeness (QED) is 0.698. The first-order chi connectivity index (χ1) is 7.31. The standard InChI is InChI=1S/C13H24N2O/c1-6-8-10(7-2)15-12(16)9-11(14)13(3,4)5/h2,10-11H,6,8-9,14H2,1,3-5H3,(H,15,16). The molecular formula is C13H24N2O. The molecule has 0 saturated heterocycles. The molecule has 2 unspecified atom stereocenters. The molecule has 2 atom stereocenters. The number of hydrogen-bond acceptors (Lipinski definition) is 2. The summed E-state index contributed by atoms with van der Waals surface area (Å²) in [6, 6.07) is -0.308. The van der Waals surface area contributed by atoms with Crippen LogP contribution in [0.5, 0.6) is 0 Å². The van der Waals surface area contributed by atoms with Gasteiger partial charge in [0.1, 0.15) is 0 Å². The smallest absolute Gasteiger partial charge is 0.222 e. The summed E-state index contributed by atoms with van der Waals surface area (Å²) in [5, 5.41) is 2.82. The summed E-state index contributed by atoms with van der Waals surface area (Å²) in [7, 11) is 0. The number of nitrogens with one attached hydrogen (secondary N) is 1. The highest BCUT2D eigenvalue weighted by molar-refractivity contribution is 5.77. The molecular weight excluding hydrogens is 200 g/mol. The summed E-state index contributed by atoms with van der Waals surface area (Å²) in [5.74, 6) is 2.52. The zero-order chi connectivity index (χ0) is 12.8. The molecule has 0 rings (SSSR count). The maximum Gasteiger partial charge on any atom is 0.222 e. The topological polar surface area (TPSA) is 55.1 Å². The van der Waals surface area contributed by atoms with Crippen LogP contribution in [-0.4, -0.2) is 18.0 Å². The lowest BCUT2D eigenvalue weighted by atomic mass is 9.85. The van der Waals surface area contributed by atoms with Gasteiger partial charge >= 0.3 is 0 Å². The van der Waals surface area contributed by atoms with Crippen LogP contribution in [0.2, 0.25) is 0 Å². The van der Waals surface area contributed by atoms with E-state index < -0.39 is 0 Å². The highest BCUT2D eigenvalue weighted by atomic mass is 16.1. The van der Waals surface area contributed by atoms with E-state index in [1.54, 1.807) is 0 Å². The maximum atomic E-state index is 11.7. The summed E-state index contributed by atoms with van der Waals surface area (Å²) in [4.78, 5) is 11.7. The Bertz CT molecular complexity index is 260. The summed E-state index contributed by atoms with van der Waals surface area (Å²) < 4.78 is 0. The number of terminal acetylenes is 1. The van der Waals surface area contributed by atoms with E-state index in [0.717, 1.165) is 12.8 Å². The number of carbonyl (C=O) groups excluding carboxylic acids is 1. The number of amides is 1. The van der Waals surface area contributed by atoms with E-state index in [0.29, 0.717) is 6.42 Å². The van der Waals surface area contributed by atoms with Gasteiger partial charge in [-0.15, -0.1) is 6.42 Å². The van der Waals surface area contributed by atoms with E-state index >= 15 is 0 Å². The minimum Gasteiger partial charge on any atom is -0.342 e. The molecule has 0 spiro atoms. The van der Waals surface area contributed by atoms with E-state index in [-0.39, 0.29) is 23.4 Å².